The first kappa shape index (κ1) is 14.7. The van der Waals surface area contributed by atoms with Crippen LogP contribution in [0.3, 0.4) is 0 Å². The summed E-state index contributed by atoms with van der Waals surface area (Å²) in [4.78, 5) is 2.36. The molecule has 1 unspecified atom stereocenters. The molecule has 1 nitrogen and oxygen atoms in total. The third kappa shape index (κ3) is 3.36. The Bertz CT molecular complexity index is 592. The lowest BCUT2D eigenvalue weighted by atomic mass is 10.1. The number of anilines is 1. The van der Waals surface area contributed by atoms with Gasteiger partial charge in [0, 0.05) is 24.7 Å². The van der Waals surface area contributed by atoms with E-state index in [2.05, 4.69) is 66.4 Å². The van der Waals surface area contributed by atoms with Crippen LogP contribution in [0.5, 0.6) is 0 Å². The zero-order valence-corrected chi connectivity index (χ0v) is 13.6. The van der Waals surface area contributed by atoms with Crippen molar-refractivity contribution in [3.8, 4) is 0 Å². The highest BCUT2D eigenvalue weighted by Crippen LogP contribution is 2.59. The van der Waals surface area contributed by atoms with Crippen LogP contribution in [0.15, 0.2) is 54.6 Å². The molecule has 0 amide bonds. The molecule has 1 saturated carbocycles. The van der Waals surface area contributed by atoms with E-state index in [1.165, 1.54) is 16.8 Å². The van der Waals surface area contributed by atoms with E-state index in [-0.39, 0.29) is 0 Å². The summed E-state index contributed by atoms with van der Waals surface area (Å²) in [5.74, 6) is 0.291. The van der Waals surface area contributed by atoms with Crippen LogP contribution in [-0.4, -0.2) is 10.9 Å². The molecule has 0 radical (unpaired) electrons. The van der Waals surface area contributed by atoms with Gasteiger partial charge in [0.2, 0.25) is 0 Å². The lowest BCUT2D eigenvalue weighted by Crippen LogP contribution is -2.21. The predicted molar refractivity (Wildman–Crippen MR) is 91.4 cm³/mol. The second kappa shape index (κ2) is 5.90. The van der Waals surface area contributed by atoms with Gasteiger partial charge in [0.25, 0.3) is 0 Å². The molecule has 1 fully saturated rings. The zero-order valence-electron chi connectivity index (χ0n) is 12.1. The number of rotatable bonds is 5. The second-order valence-electron chi connectivity index (χ2n) is 5.61. The van der Waals surface area contributed by atoms with Crippen LogP contribution >= 0.6 is 23.2 Å². The van der Waals surface area contributed by atoms with Gasteiger partial charge in [0.1, 0.15) is 4.33 Å². The first-order valence-electron chi connectivity index (χ1n) is 7.37. The molecule has 1 aliphatic carbocycles. The van der Waals surface area contributed by atoms with Gasteiger partial charge in [-0.15, -0.1) is 23.2 Å². The standard InChI is InChI=1S/C18H19Cl2N/c1-2-21(13-14-6-4-3-5-7-14)16-10-8-15(9-11-16)17-12-18(17,19)20/h3-11,17H,2,12-13H2,1H3. The summed E-state index contributed by atoms with van der Waals surface area (Å²) in [5, 5.41) is 0. The van der Waals surface area contributed by atoms with E-state index < -0.39 is 4.33 Å². The average molecular weight is 320 g/mol. The van der Waals surface area contributed by atoms with Gasteiger partial charge in [0.05, 0.1) is 0 Å². The summed E-state index contributed by atoms with van der Waals surface area (Å²) < 4.78 is -0.546. The van der Waals surface area contributed by atoms with Gasteiger partial charge < -0.3 is 4.90 Å². The lowest BCUT2D eigenvalue weighted by molar-refractivity contribution is 0.831. The minimum absolute atomic E-state index is 0.291. The Morgan fingerprint density at radius 3 is 2.19 bits per heavy atom. The normalized spacial score (nSPS) is 19.3. The van der Waals surface area contributed by atoms with Crippen molar-refractivity contribution in [2.24, 2.45) is 0 Å². The SMILES string of the molecule is CCN(Cc1ccccc1)c1ccc(C2CC2(Cl)Cl)cc1. The molecule has 2 aromatic carbocycles. The van der Waals surface area contributed by atoms with E-state index >= 15 is 0 Å². The number of hydrogen-bond donors (Lipinski definition) is 0. The zero-order chi connectivity index (χ0) is 14.9. The summed E-state index contributed by atoms with van der Waals surface area (Å²) in [7, 11) is 0. The van der Waals surface area contributed by atoms with Crippen molar-refractivity contribution in [1.29, 1.82) is 0 Å². The van der Waals surface area contributed by atoms with Crippen molar-refractivity contribution in [2.75, 3.05) is 11.4 Å². The number of benzene rings is 2. The summed E-state index contributed by atoms with van der Waals surface area (Å²) >= 11 is 12.3. The monoisotopic (exact) mass is 319 g/mol. The van der Waals surface area contributed by atoms with Crippen molar-refractivity contribution in [3.63, 3.8) is 0 Å². The highest BCUT2D eigenvalue weighted by atomic mass is 35.5. The Hall–Kier alpha value is -1.18. The summed E-state index contributed by atoms with van der Waals surface area (Å²) in [5.41, 5.74) is 3.80. The van der Waals surface area contributed by atoms with Crippen LogP contribution in [0.2, 0.25) is 0 Å². The molecule has 0 N–H and O–H groups in total. The highest BCUT2D eigenvalue weighted by Gasteiger charge is 2.52. The molecule has 2 aromatic rings. The van der Waals surface area contributed by atoms with Crippen molar-refractivity contribution in [2.45, 2.75) is 30.1 Å². The van der Waals surface area contributed by atoms with Crippen LogP contribution in [0.25, 0.3) is 0 Å². The molecule has 0 heterocycles. The van der Waals surface area contributed by atoms with E-state index in [1.807, 2.05) is 0 Å². The first-order chi connectivity index (χ1) is 10.1. The molecular formula is C18H19Cl2N. The number of alkyl halides is 2. The Kier molecular flexibility index (Phi) is 4.14. The number of hydrogen-bond acceptors (Lipinski definition) is 1. The highest BCUT2D eigenvalue weighted by molar-refractivity contribution is 6.51. The molecule has 1 atom stereocenters. The summed E-state index contributed by atoms with van der Waals surface area (Å²) in [6.07, 6.45) is 0.858. The molecule has 0 spiro atoms. The van der Waals surface area contributed by atoms with Crippen molar-refractivity contribution < 1.29 is 0 Å². The van der Waals surface area contributed by atoms with E-state index in [0.29, 0.717) is 5.92 Å². The lowest BCUT2D eigenvalue weighted by Gasteiger charge is -2.23. The molecule has 3 rings (SSSR count). The Morgan fingerprint density at radius 2 is 1.67 bits per heavy atom. The maximum absolute atomic E-state index is 6.13. The molecule has 0 aromatic heterocycles. The first-order valence-corrected chi connectivity index (χ1v) is 8.12. The molecule has 21 heavy (non-hydrogen) atoms. The Balaban J connectivity index is 1.72. The largest absolute Gasteiger partial charge is 0.367 e. The van der Waals surface area contributed by atoms with Crippen LogP contribution in [0.4, 0.5) is 5.69 Å². The number of halogens is 2. The van der Waals surface area contributed by atoms with E-state index in [4.69, 9.17) is 23.2 Å². The maximum Gasteiger partial charge on any atom is 0.125 e. The van der Waals surface area contributed by atoms with Gasteiger partial charge in [-0.1, -0.05) is 42.5 Å². The third-order valence-corrected chi connectivity index (χ3v) is 4.92. The smallest absolute Gasteiger partial charge is 0.125 e. The van der Waals surface area contributed by atoms with E-state index in [0.717, 1.165) is 19.5 Å². The minimum atomic E-state index is -0.546. The van der Waals surface area contributed by atoms with Gasteiger partial charge >= 0.3 is 0 Å². The average Bonchev–Trinajstić information content (AvgIpc) is 3.15. The number of nitrogens with zero attached hydrogens (tertiary/aromatic N) is 1. The van der Waals surface area contributed by atoms with E-state index in [9.17, 15) is 0 Å². The summed E-state index contributed by atoms with van der Waals surface area (Å²) in [6, 6.07) is 19.2. The maximum atomic E-state index is 6.13. The molecule has 110 valence electrons. The fourth-order valence-electron chi connectivity index (χ4n) is 2.68. The topological polar surface area (TPSA) is 3.24 Å². The van der Waals surface area contributed by atoms with Gasteiger partial charge in [-0.2, -0.15) is 0 Å². The van der Waals surface area contributed by atoms with Crippen molar-refractivity contribution >= 4 is 28.9 Å². The van der Waals surface area contributed by atoms with Crippen molar-refractivity contribution in [1.82, 2.24) is 0 Å². The molecule has 1 aliphatic rings. The molecular weight excluding hydrogens is 301 g/mol. The second-order valence-corrected chi connectivity index (χ2v) is 7.15. The van der Waals surface area contributed by atoms with Crippen LogP contribution in [0.1, 0.15) is 30.4 Å². The third-order valence-electron chi connectivity index (χ3n) is 4.08. The molecule has 0 aliphatic heterocycles. The fraction of sp³-hybridized carbons (Fsp3) is 0.333. The van der Waals surface area contributed by atoms with Crippen LogP contribution in [-0.2, 0) is 6.54 Å². The van der Waals surface area contributed by atoms with Gasteiger partial charge in [-0.3, -0.25) is 0 Å². The minimum Gasteiger partial charge on any atom is -0.367 e. The fourth-order valence-corrected chi connectivity index (χ4v) is 3.24. The van der Waals surface area contributed by atoms with E-state index in [1.54, 1.807) is 0 Å². The quantitative estimate of drug-likeness (QED) is 0.669. The van der Waals surface area contributed by atoms with Gasteiger partial charge in [-0.05, 0) is 36.6 Å². The summed E-state index contributed by atoms with van der Waals surface area (Å²) in [6.45, 7) is 4.09. The predicted octanol–water partition coefficient (Wildman–Crippen LogP) is 5.37. The van der Waals surface area contributed by atoms with Crippen molar-refractivity contribution in [3.05, 3.63) is 65.7 Å². The van der Waals surface area contributed by atoms with Crippen LogP contribution < -0.4 is 4.90 Å². The Labute approximate surface area is 136 Å². The van der Waals surface area contributed by atoms with Gasteiger partial charge in [-0.25, -0.2) is 0 Å². The molecule has 0 bridgehead atoms. The van der Waals surface area contributed by atoms with Gasteiger partial charge in [0.15, 0.2) is 0 Å². The molecule has 3 heteroatoms. The Morgan fingerprint density at radius 1 is 1.05 bits per heavy atom. The van der Waals surface area contributed by atoms with Crippen LogP contribution in [0, 0.1) is 0 Å². The molecule has 0 saturated heterocycles.